The maximum atomic E-state index is 6.26. The molecular formula is C19H20N6S. The van der Waals surface area contributed by atoms with Gasteiger partial charge in [-0.1, -0.05) is 41.2 Å². The van der Waals surface area contributed by atoms with E-state index in [0.717, 1.165) is 33.0 Å². The Labute approximate surface area is 155 Å². The van der Waals surface area contributed by atoms with Crippen molar-refractivity contribution in [1.29, 1.82) is 0 Å². The van der Waals surface area contributed by atoms with E-state index in [0.29, 0.717) is 6.54 Å². The lowest BCUT2D eigenvalue weighted by Gasteiger charge is -2.12. The van der Waals surface area contributed by atoms with Gasteiger partial charge in [0.15, 0.2) is 0 Å². The van der Waals surface area contributed by atoms with Gasteiger partial charge in [0.05, 0.1) is 11.7 Å². The highest BCUT2D eigenvalue weighted by Crippen LogP contribution is 2.28. The summed E-state index contributed by atoms with van der Waals surface area (Å²) >= 11 is 1.53. The van der Waals surface area contributed by atoms with Crippen LogP contribution in [0.2, 0.25) is 0 Å². The minimum absolute atomic E-state index is 0.0198. The molecule has 6 nitrogen and oxygen atoms in total. The van der Waals surface area contributed by atoms with Crippen molar-refractivity contribution in [2.45, 2.75) is 19.4 Å². The molecule has 4 N–H and O–H groups in total. The van der Waals surface area contributed by atoms with Crippen LogP contribution in [0, 0.1) is 6.92 Å². The van der Waals surface area contributed by atoms with E-state index in [1.54, 1.807) is 0 Å². The van der Waals surface area contributed by atoms with Crippen LogP contribution in [-0.4, -0.2) is 33.0 Å². The first kappa shape index (κ1) is 16.7. The summed E-state index contributed by atoms with van der Waals surface area (Å²) in [4.78, 5) is 0. The van der Waals surface area contributed by atoms with E-state index in [1.807, 2.05) is 18.3 Å². The zero-order chi connectivity index (χ0) is 17.9. The summed E-state index contributed by atoms with van der Waals surface area (Å²) in [6.45, 7) is 2.75. The minimum Gasteiger partial charge on any atom is -0.359 e. The molecule has 4 aromatic rings. The number of rotatable bonds is 6. The zero-order valence-electron chi connectivity index (χ0n) is 14.4. The van der Waals surface area contributed by atoms with Crippen molar-refractivity contribution < 1.29 is 0 Å². The van der Waals surface area contributed by atoms with Gasteiger partial charge in [-0.15, -0.1) is 10.2 Å². The molecule has 0 fully saturated rings. The van der Waals surface area contributed by atoms with Crippen molar-refractivity contribution in [3.05, 3.63) is 59.8 Å². The maximum Gasteiger partial charge on any atom is 0.206 e. The zero-order valence-corrected chi connectivity index (χ0v) is 15.3. The van der Waals surface area contributed by atoms with Crippen LogP contribution in [-0.2, 0) is 6.42 Å². The van der Waals surface area contributed by atoms with Gasteiger partial charge in [0, 0.05) is 23.5 Å². The monoisotopic (exact) mass is 364 g/mol. The Morgan fingerprint density at radius 1 is 1.19 bits per heavy atom. The fraction of sp³-hybridized carbons (Fsp3) is 0.211. The number of nitrogens with zero attached hydrogens (tertiary/aromatic N) is 3. The van der Waals surface area contributed by atoms with Crippen LogP contribution in [0.1, 0.15) is 11.1 Å². The van der Waals surface area contributed by atoms with Crippen LogP contribution in [0.4, 0.5) is 5.13 Å². The summed E-state index contributed by atoms with van der Waals surface area (Å²) < 4.78 is 0. The predicted molar refractivity (Wildman–Crippen MR) is 106 cm³/mol. The number of anilines is 1. The number of benzene rings is 2. The first-order chi connectivity index (χ1) is 12.7. The topological polar surface area (TPSA) is 92.5 Å². The smallest absolute Gasteiger partial charge is 0.206 e. The second-order valence-corrected chi connectivity index (χ2v) is 7.40. The summed E-state index contributed by atoms with van der Waals surface area (Å²) in [6.07, 6.45) is 2.64. The highest BCUT2D eigenvalue weighted by molar-refractivity contribution is 7.18. The highest BCUT2D eigenvalue weighted by Gasteiger charge is 2.10. The van der Waals surface area contributed by atoms with E-state index in [4.69, 9.17) is 5.73 Å². The normalized spacial score (nSPS) is 12.4. The fourth-order valence-electron chi connectivity index (χ4n) is 2.92. The Morgan fingerprint density at radius 3 is 3.00 bits per heavy atom. The molecule has 0 unspecified atom stereocenters. The maximum absolute atomic E-state index is 6.26. The molecule has 0 radical (unpaired) electrons. The van der Waals surface area contributed by atoms with Crippen molar-refractivity contribution in [2.24, 2.45) is 5.73 Å². The second-order valence-electron chi connectivity index (χ2n) is 6.42. The van der Waals surface area contributed by atoms with E-state index in [-0.39, 0.29) is 6.04 Å². The summed E-state index contributed by atoms with van der Waals surface area (Å²) in [6, 6.07) is 14.6. The third-order valence-electron chi connectivity index (χ3n) is 4.21. The van der Waals surface area contributed by atoms with E-state index in [9.17, 15) is 0 Å². The van der Waals surface area contributed by atoms with Crippen molar-refractivity contribution in [3.8, 4) is 10.6 Å². The average Bonchev–Trinajstić information content (AvgIpc) is 3.28. The third kappa shape index (κ3) is 3.74. The van der Waals surface area contributed by atoms with Gasteiger partial charge in [0.2, 0.25) is 5.13 Å². The van der Waals surface area contributed by atoms with E-state index in [1.165, 1.54) is 22.5 Å². The fourth-order valence-corrected chi connectivity index (χ4v) is 3.67. The van der Waals surface area contributed by atoms with Gasteiger partial charge < -0.3 is 11.1 Å². The summed E-state index contributed by atoms with van der Waals surface area (Å²) in [5.41, 5.74) is 10.8. The lowest BCUT2D eigenvalue weighted by Crippen LogP contribution is -2.31. The molecule has 0 bridgehead atoms. The van der Waals surface area contributed by atoms with Crippen LogP contribution < -0.4 is 11.1 Å². The van der Waals surface area contributed by atoms with Gasteiger partial charge in [0.1, 0.15) is 5.01 Å². The molecule has 2 heterocycles. The molecule has 2 aromatic heterocycles. The quantitative estimate of drug-likeness (QED) is 0.488. The molecule has 0 saturated heterocycles. The molecule has 0 amide bonds. The van der Waals surface area contributed by atoms with E-state index >= 15 is 0 Å². The third-order valence-corrected chi connectivity index (χ3v) is 5.14. The average molecular weight is 364 g/mol. The van der Waals surface area contributed by atoms with E-state index < -0.39 is 0 Å². The van der Waals surface area contributed by atoms with Crippen molar-refractivity contribution in [1.82, 2.24) is 20.4 Å². The van der Waals surface area contributed by atoms with Gasteiger partial charge >= 0.3 is 0 Å². The Balaban J connectivity index is 1.38. The summed E-state index contributed by atoms with van der Waals surface area (Å²) in [5.74, 6) is 0. The predicted octanol–water partition coefficient (Wildman–Crippen LogP) is 3.37. The number of fused-ring (bicyclic) bond motifs is 1. The number of H-pyrrole nitrogens is 1. The first-order valence-electron chi connectivity index (χ1n) is 8.49. The number of aryl methyl sites for hydroxylation is 1. The van der Waals surface area contributed by atoms with Crippen LogP contribution >= 0.6 is 11.3 Å². The molecular weight excluding hydrogens is 344 g/mol. The highest BCUT2D eigenvalue weighted by atomic mass is 32.1. The first-order valence-corrected chi connectivity index (χ1v) is 9.31. The molecule has 0 aliphatic carbocycles. The lowest BCUT2D eigenvalue weighted by atomic mass is 10.0. The number of nitrogens with one attached hydrogen (secondary N) is 2. The lowest BCUT2D eigenvalue weighted by molar-refractivity contribution is 0.698. The Bertz CT molecular complexity index is 1020. The second kappa shape index (κ2) is 7.23. The van der Waals surface area contributed by atoms with Crippen LogP contribution in [0.25, 0.3) is 21.5 Å². The Hall–Kier alpha value is -2.77. The van der Waals surface area contributed by atoms with Crippen molar-refractivity contribution >= 4 is 27.4 Å². The van der Waals surface area contributed by atoms with Crippen molar-refractivity contribution in [2.75, 3.05) is 11.9 Å². The SMILES string of the molecule is Cc1cccc(C[C@@H](N)CNc2nnc(-c3ccc4[nH]ncc4c3)s2)c1. The van der Waals surface area contributed by atoms with Crippen LogP contribution in [0.3, 0.4) is 0 Å². The minimum atomic E-state index is 0.0198. The van der Waals surface area contributed by atoms with Crippen LogP contribution in [0.5, 0.6) is 0 Å². The molecule has 0 aliphatic heterocycles. The van der Waals surface area contributed by atoms with Gasteiger partial charge in [0.25, 0.3) is 0 Å². The molecule has 0 saturated carbocycles. The molecule has 0 aliphatic rings. The largest absolute Gasteiger partial charge is 0.359 e. The molecule has 132 valence electrons. The van der Waals surface area contributed by atoms with Crippen molar-refractivity contribution in [3.63, 3.8) is 0 Å². The van der Waals surface area contributed by atoms with Gasteiger partial charge in [-0.05, 0) is 37.1 Å². The van der Waals surface area contributed by atoms with E-state index in [2.05, 4.69) is 63.0 Å². The number of aromatic nitrogens is 4. The summed E-state index contributed by atoms with van der Waals surface area (Å²) in [7, 11) is 0. The molecule has 7 heteroatoms. The number of hydrogen-bond donors (Lipinski definition) is 3. The molecule has 4 rings (SSSR count). The van der Waals surface area contributed by atoms with Gasteiger partial charge in [-0.2, -0.15) is 5.10 Å². The molecule has 1 atom stereocenters. The number of hydrogen-bond acceptors (Lipinski definition) is 6. The molecule has 0 spiro atoms. The Morgan fingerprint density at radius 2 is 2.12 bits per heavy atom. The van der Waals surface area contributed by atoms with Gasteiger partial charge in [-0.25, -0.2) is 0 Å². The standard InChI is InChI=1S/C19H20N6S/c1-12-3-2-4-13(7-12)8-16(20)11-21-19-25-24-18(26-19)14-5-6-17-15(9-14)10-22-23-17/h2-7,9-10,16H,8,11,20H2,1H3,(H,21,25)(H,22,23)/t16-/m1/s1. The number of nitrogens with two attached hydrogens (primary N) is 1. The Kier molecular flexibility index (Phi) is 4.64. The summed E-state index contributed by atoms with van der Waals surface area (Å²) in [5, 5.41) is 21.5. The molecule has 2 aromatic carbocycles. The number of aromatic amines is 1. The van der Waals surface area contributed by atoms with Crippen LogP contribution in [0.15, 0.2) is 48.7 Å². The van der Waals surface area contributed by atoms with Gasteiger partial charge in [-0.3, -0.25) is 5.10 Å². The molecule has 26 heavy (non-hydrogen) atoms.